The SMILES string of the molecule is CC1C(=O)N(c2ccc3c(c2)OCO3)CCN1Cc1ccccc1F. The second-order valence-electron chi connectivity index (χ2n) is 6.27. The lowest BCUT2D eigenvalue weighted by Gasteiger charge is -2.39. The maximum Gasteiger partial charge on any atom is 0.244 e. The number of halogens is 1. The summed E-state index contributed by atoms with van der Waals surface area (Å²) < 4.78 is 24.6. The van der Waals surface area contributed by atoms with Gasteiger partial charge in [-0.1, -0.05) is 18.2 Å². The van der Waals surface area contributed by atoms with Crippen LogP contribution in [0.5, 0.6) is 11.5 Å². The summed E-state index contributed by atoms with van der Waals surface area (Å²) in [4.78, 5) is 16.6. The summed E-state index contributed by atoms with van der Waals surface area (Å²) in [6.07, 6.45) is 0. The highest BCUT2D eigenvalue weighted by atomic mass is 19.1. The van der Waals surface area contributed by atoms with Gasteiger partial charge >= 0.3 is 0 Å². The third-order valence-electron chi connectivity index (χ3n) is 4.78. The lowest BCUT2D eigenvalue weighted by atomic mass is 10.1. The van der Waals surface area contributed by atoms with Crippen LogP contribution in [0.2, 0.25) is 0 Å². The molecule has 0 aliphatic carbocycles. The highest BCUT2D eigenvalue weighted by Crippen LogP contribution is 2.36. The van der Waals surface area contributed by atoms with Gasteiger partial charge in [0, 0.05) is 37.0 Å². The van der Waals surface area contributed by atoms with Crippen LogP contribution in [0.15, 0.2) is 42.5 Å². The molecule has 0 radical (unpaired) electrons. The Labute approximate surface area is 145 Å². The molecular formula is C19H19FN2O3. The monoisotopic (exact) mass is 342 g/mol. The molecule has 4 rings (SSSR count). The highest BCUT2D eigenvalue weighted by molar-refractivity contribution is 5.98. The quantitative estimate of drug-likeness (QED) is 0.860. The van der Waals surface area contributed by atoms with Crippen LogP contribution in [-0.2, 0) is 11.3 Å². The number of ether oxygens (including phenoxy) is 2. The Kier molecular flexibility index (Phi) is 4.05. The number of hydrogen-bond donors (Lipinski definition) is 0. The summed E-state index contributed by atoms with van der Waals surface area (Å²) >= 11 is 0. The Morgan fingerprint density at radius 1 is 1.12 bits per heavy atom. The highest BCUT2D eigenvalue weighted by Gasteiger charge is 2.33. The number of carbonyl (C=O) groups is 1. The van der Waals surface area contributed by atoms with Crippen LogP contribution in [0, 0.1) is 5.82 Å². The Bertz CT molecular complexity index is 811. The van der Waals surface area contributed by atoms with Crippen molar-refractivity contribution in [2.45, 2.75) is 19.5 Å². The summed E-state index contributed by atoms with van der Waals surface area (Å²) in [6.45, 7) is 3.73. The van der Waals surface area contributed by atoms with Crippen molar-refractivity contribution in [3.63, 3.8) is 0 Å². The van der Waals surface area contributed by atoms with Crippen molar-refractivity contribution in [2.24, 2.45) is 0 Å². The molecule has 2 heterocycles. The van der Waals surface area contributed by atoms with Gasteiger partial charge in [0.1, 0.15) is 5.82 Å². The maximum atomic E-state index is 13.9. The zero-order valence-corrected chi connectivity index (χ0v) is 13.9. The Morgan fingerprint density at radius 2 is 1.92 bits per heavy atom. The molecule has 130 valence electrons. The second kappa shape index (κ2) is 6.37. The minimum atomic E-state index is -0.321. The maximum absolute atomic E-state index is 13.9. The van der Waals surface area contributed by atoms with E-state index in [2.05, 4.69) is 0 Å². The summed E-state index contributed by atoms with van der Waals surface area (Å²) in [6, 6.07) is 11.9. The summed E-state index contributed by atoms with van der Waals surface area (Å²) in [5.74, 6) is 1.12. The molecule has 1 unspecified atom stereocenters. The van der Waals surface area contributed by atoms with Crippen molar-refractivity contribution in [3.05, 3.63) is 53.8 Å². The predicted octanol–water partition coefficient (Wildman–Crippen LogP) is 2.79. The molecule has 0 aromatic heterocycles. The zero-order valence-electron chi connectivity index (χ0n) is 13.9. The first-order valence-corrected chi connectivity index (χ1v) is 8.32. The fraction of sp³-hybridized carbons (Fsp3) is 0.316. The van der Waals surface area contributed by atoms with Crippen molar-refractivity contribution >= 4 is 11.6 Å². The molecular weight excluding hydrogens is 323 g/mol. The van der Waals surface area contributed by atoms with Crippen LogP contribution in [0.3, 0.4) is 0 Å². The number of carbonyl (C=O) groups excluding carboxylic acids is 1. The van der Waals surface area contributed by atoms with Gasteiger partial charge in [-0.05, 0) is 25.1 Å². The first-order valence-electron chi connectivity index (χ1n) is 8.32. The topological polar surface area (TPSA) is 42.0 Å². The molecule has 1 fully saturated rings. The minimum Gasteiger partial charge on any atom is -0.454 e. The molecule has 25 heavy (non-hydrogen) atoms. The third kappa shape index (κ3) is 2.93. The van der Waals surface area contributed by atoms with E-state index in [9.17, 15) is 9.18 Å². The van der Waals surface area contributed by atoms with Crippen LogP contribution in [0.1, 0.15) is 12.5 Å². The Balaban J connectivity index is 1.50. The number of benzene rings is 2. The molecule has 2 aromatic carbocycles. The molecule has 1 atom stereocenters. The fourth-order valence-corrected chi connectivity index (χ4v) is 3.28. The number of anilines is 1. The largest absolute Gasteiger partial charge is 0.454 e. The molecule has 0 bridgehead atoms. The van der Waals surface area contributed by atoms with Crippen molar-refractivity contribution < 1.29 is 18.7 Å². The standard InChI is InChI=1S/C19H19FN2O3/c1-13-19(23)22(15-6-7-17-18(10-15)25-12-24-17)9-8-21(13)11-14-4-2-3-5-16(14)20/h2-7,10,13H,8-9,11-12H2,1H3. The molecule has 6 heteroatoms. The van der Waals surface area contributed by atoms with Gasteiger partial charge < -0.3 is 14.4 Å². The number of rotatable bonds is 3. The summed E-state index contributed by atoms with van der Waals surface area (Å²) in [7, 11) is 0. The predicted molar refractivity (Wildman–Crippen MR) is 91.2 cm³/mol. The lowest BCUT2D eigenvalue weighted by Crippen LogP contribution is -2.55. The van der Waals surface area contributed by atoms with E-state index in [1.165, 1.54) is 6.07 Å². The number of piperazine rings is 1. The molecule has 2 aliphatic heterocycles. The molecule has 1 saturated heterocycles. The third-order valence-corrected chi connectivity index (χ3v) is 4.78. The van der Waals surface area contributed by atoms with Crippen LogP contribution < -0.4 is 14.4 Å². The van der Waals surface area contributed by atoms with Gasteiger partial charge in [-0.2, -0.15) is 0 Å². The van der Waals surface area contributed by atoms with E-state index in [0.717, 1.165) is 5.69 Å². The van der Waals surface area contributed by atoms with Gasteiger partial charge in [0.2, 0.25) is 12.7 Å². The summed E-state index contributed by atoms with van der Waals surface area (Å²) in [5.41, 5.74) is 1.41. The molecule has 5 nitrogen and oxygen atoms in total. The number of fused-ring (bicyclic) bond motifs is 1. The molecule has 0 saturated carbocycles. The number of nitrogens with zero attached hydrogens (tertiary/aromatic N) is 2. The van der Waals surface area contributed by atoms with Gasteiger partial charge in [-0.15, -0.1) is 0 Å². The minimum absolute atomic E-state index is 0.00135. The van der Waals surface area contributed by atoms with Gasteiger partial charge in [-0.3, -0.25) is 9.69 Å². The van der Waals surface area contributed by atoms with E-state index in [1.54, 1.807) is 17.0 Å². The van der Waals surface area contributed by atoms with Crippen LogP contribution >= 0.6 is 0 Å². The van der Waals surface area contributed by atoms with E-state index in [1.807, 2.05) is 36.1 Å². The van der Waals surface area contributed by atoms with Crippen LogP contribution in [0.4, 0.5) is 10.1 Å². The van der Waals surface area contributed by atoms with Gasteiger partial charge in [0.05, 0.1) is 6.04 Å². The lowest BCUT2D eigenvalue weighted by molar-refractivity contribution is -0.125. The average Bonchev–Trinajstić information content (AvgIpc) is 3.08. The molecule has 0 spiro atoms. The van der Waals surface area contributed by atoms with E-state index < -0.39 is 0 Å². The fourth-order valence-electron chi connectivity index (χ4n) is 3.28. The first-order chi connectivity index (χ1) is 12.1. The van der Waals surface area contributed by atoms with Gasteiger partial charge in [0.25, 0.3) is 0 Å². The normalized spacial score (nSPS) is 20.2. The van der Waals surface area contributed by atoms with E-state index >= 15 is 0 Å². The molecule has 0 N–H and O–H groups in total. The van der Waals surface area contributed by atoms with E-state index in [4.69, 9.17) is 9.47 Å². The van der Waals surface area contributed by atoms with Gasteiger partial charge in [-0.25, -0.2) is 4.39 Å². The van der Waals surface area contributed by atoms with E-state index in [0.29, 0.717) is 36.7 Å². The smallest absolute Gasteiger partial charge is 0.244 e. The first kappa shape index (κ1) is 15.9. The number of amides is 1. The van der Waals surface area contributed by atoms with Crippen molar-refractivity contribution in [3.8, 4) is 11.5 Å². The Morgan fingerprint density at radius 3 is 2.76 bits per heavy atom. The Hall–Kier alpha value is -2.60. The number of hydrogen-bond acceptors (Lipinski definition) is 4. The van der Waals surface area contributed by atoms with Crippen LogP contribution in [-0.4, -0.2) is 36.7 Å². The summed E-state index contributed by atoms with van der Waals surface area (Å²) in [5, 5.41) is 0. The second-order valence-corrected chi connectivity index (χ2v) is 6.27. The molecule has 2 aromatic rings. The van der Waals surface area contributed by atoms with Crippen LogP contribution in [0.25, 0.3) is 0 Å². The average molecular weight is 342 g/mol. The molecule has 2 aliphatic rings. The van der Waals surface area contributed by atoms with Crippen molar-refractivity contribution in [1.82, 2.24) is 4.90 Å². The van der Waals surface area contributed by atoms with Gasteiger partial charge in [0.15, 0.2) is 11.5 Å². The van der Waals surface area contributed by atoms with E-state index in [-0.39, 0.29) is 24.6 Å². The zero-order chi connectivity index (χ0) is 17.4. The van der Waals surface area contributed by atoms with Crippen molar-refractivity contribution in [2.75, 3.05) is 24.8 Å². The molecule has 1 amide bonds. The van der Waals surface area contributed by atoms with Crippen molar-refractivity contribution in [1.29, 1.82) is 0 Å².